The predicted molar refractivity (Wildman–Crippen MR) is 113 cm³/mol. The average molecular weight is 407 g/mol. The number of carbonyl (C=O) groups is 2. The molecule has 0 fully saturated rings. The molecular weight excluding hydrogens is 376 g/mol. The molecule has 2 aromatic carbocycles. The van der Waals surface area contributed by atoms with Gasteiger partial charge in [0.05, 0.1) is 4.90 Å². The standard InChI is InChI=1S/C17H18N2O4S.2C2H6/c1-18(2)16(20)14-9-11-15(12-10-14)24(22,23)19(3)17(21)13-7-5-4-6-8-13;2*1-2/h4-12H,1-3H3;2*1-2H3. The number of carbonyl (C=O) groups excluding carboxylic acids is 2. The van der Waals surface area contributed by atoms with E-state index in [2.05, 4.69) is 0 Å². The topological polar surface area (TPSA) is 74.8 Å². The first-order valence-electron chi connectivity index (χ1n) is 9.15. The molecule has 0 unspecified atom stereocenters. The minimum absolute atomic E-state index is 0.0513. The van der Waals surface area contributed by atoms with Crippen molar-refractivity contribution >= 4 is 21.8 Å². The van der Waals surface area contributed by atoms with Crippen molar-refractivity contribution in [3.05, 3.63) is 65.7 Å². The summed E-state index contributed by atoms with van der Waals surface area (Å²) in [6, 6.07) is 13.7. The second-order valence-corrected chi connectivity index (χ2v) is 7.34. The SMILES string of the molecule is CC.CC.CN(C)C(=O)c1ccc(S(=O)(=O)N(C)C(=O)c2ccccc2)cc1. The van der Waals surface area contributed by atoms with Gasteiger partial charge >= 0.3 is 0 Å². The van der Waals surface area contributed by atoms with Gasteiger partial charge < -0.3 is 4.90 Å². The molecule has 28 heavy (non-hydrogen) atoms. The number of hydrogen-bond donors (Lipinski definition) is 0. The summed E-state index contributed by atoms with van der Waals surface area (Å²) in [5.74, 6) is -0.850. The number of sulfonamides is 1. The van der Waals surface area contributed by atoms with E-state index in [-0.39, 0.29) is 16.4 Å². The van der Waals surface area contributed by atoms with Crippen molar-refractivity contribution < 1.29 is 18.0 Å². The Balaban J connectivity index is 0.00000171. The molecule has 0 atom stereocenters. The van der Waals surface area contributed by atoms with Gasteiger partial charge in [-0.3, -0.25) is 9.59 Å². The summed E-state index contributed by atoms with van der Waals surface area (Å²) >= 11 is 0. The van der Waals surface area contributed by atoms with Gasteiger partial charge in [-0.1, -0.05) is 45.9 Å². The lowest BCUT2D eigenvalue weighted by atomic mass is 10.2. The first-order valence-corrected chi connectivity index (χ1v) is 10.6. The van der Waals surface area contributed by atoms with Crippen LogP contribution < -0.4 is 0 Å². The molecule has 2 amide bonds. The molecule has 154 valence electrons. The zero-order valence-corrected chi connectivity index (χ0v) is 18.4. The molecule has 0 N–H and O–H groups in total. The molecule has 0 aliphatic heterocycles. The quantitative estimate of drug-likeness (QED) is 0.772. The maximum atomic E-state index is 12.6. The van der Waals surface area contributed by atoms with Gasteiger partial charge in [0.1, 0.15) is 0 Å². The third kappa shape index (κ3) is 6.20. The molecule has 0 bridgehead atoms. The van der Waals surface area contributed by atoms with Gasteiger partial charge in [-0.2, -0.15) is 0 Å². The molecule has 0 saturated carbocycles. The summed E-state index contributed by atoms with van der Waals surface area (Å²) in [4.78, 5) is 25.5. The van der Waals surface area contributed by atoms with Gasteiger partial charge in [0, 0.05) is 32.3 Å². The molecular formula is C21H30N2O4S. The Labute approximate surface area is 168 Å². The Morgan fingerprint density at radius 1 is 0.679 bits per heavy atom. The summed E-state index contributed by atoms with van der Waals surface area (Å²) < 4.78 is 25.8. The fourth-order valence-electron chi connectivity index (χ4n) is 2.06. The molecule has 0 aliphatic carbocycles. The first kappa shape index (κ1) is 25.3. The Morgan fingerprint density at radius 2 is 1.11 bits per heavy atom. The van der Waals surface area contributed by atoms with E-state index in [4.69, 9.17) is 0 Å². The van der Waals surface area contributed by atoms with E-state index >= 15 is 0 Å². The average Bonchev–Trinajstić information content (AvgIpc) is 2.75. The second kappa shape index (κ2) is 11.9. The van der Waals surface area contributed by atoms with Crippen LogP contribution in [0.4, 0.5) is 0 Å². The molecule has 0 heterocycles. The van der Waals surface area contributed by atoms with Crippen LogP contribution in [0.5, 0.6) is 0 Å². The Bertz CT molecular complexity index is 846. The summed E-state index contributed by atoms with van der Waals surface area (Å²) in [7, 11) is 0.442. The maximum absolute atomic E-state index is 12.6. The van der Waals surface area contributed by atoms with Crippen molar-refractivity contribution in [3.63, 3.8) is 0 Å². The monoisotopic (exact) mass is 406 g/mol. The van der Waals surface area contributed by atoms with Crippen LogP contribution in [-0.4, -0.2) is 50.6 Å². The molecule has 0 aliphatic rings. The number of nitrogens with zero attached hydrogens (tertiary/aromatic N) is 2. The summed E-state index contributed by atoms with van der Waals surface area (Å²) in [6.45, 7) is 8.00. The fourth-order valence-corrected chi connectivity index (χ4v) is 3.18. The zero-order chi connectivity index (χ0) is 21.9. The molecule has 2 rings (SSSR count). The van der Waals surface area contributed by atoms with Crippen molar-refractivity contribution in [2.24, 2.45) is 0 Å². The summed E-state index contributed by atoms with van der Waals surface area (Å²) in [5, 5.41) is 0. The highest BCUT2D eigenvalue weighted by molar-refractivity contribution is 7.89. The van der Waals surface area contributed by atoms with E-state index in [1.54, 1.807) is 44.4 Å². The second-order valence-electron chi connectivity index (χ2n) is 5.37. The third-order valence-corrected chi connectivity index (χ3v) is 5.23. The Kier molecular flexibility index (Phi) is 10.8. The Morgan fingerprint density at radius 3 is 1.54 bits per heavy atom. The van der Waals surface area contributed by atoms with Gasteiger partial charge in [-0.15, -0.1) is 0 Å². The van der Waals surface area contributed by atoms with Crippen LogP contribution in [0.15, 0.2) is 59.5 Å². The lowest BCUT2D eigenvalue weighted by Gasteiger charge is -2.18. The van der Waals surface area contributed by atoms with E-state index in [1.165, 1.54) is 36.2 Å². The summed E-state index contributed by atoms with van der Waals surface area (Å²) in [6.07, 6.45) is 0. The predicted octanol–water partition coefficient (Wildman–Crippen LogP) is 3.90. The normalized spacial score (nSPS) is 9.82. The minimum atomic E-state index is -3.99. The molecule has 7 heteroatoms. The highest BCUT2D eigenvalue weighted by Gasteiger charge is 2.26. The number of rotatable bonds is 4. The van der Waals surface area contributed by atoms with Crippen molar-refractivity contribution in [2.45, 2.75) is 32.6 Å². The zero-order valence-electron chi connectivity index (χ0n) is 17.6. The molecule has 6 nitrogen and oxygen atoms in total. The van der Waals surface area contributed by atoms with Crippen LogP contribution in [0.2, 0.25) is 0 Å². The van der Waals surface area contributed by atoms with Crippen molar-refractivity contribution in [3.8, 4) is 0 Å². The van der Waals surface area contributed by atoms with Crippen LogP contribution in [0.1, 0.15) is 48.4 Å². The third-order valence-electron chi connectivity index (χ3n) is 3.47. The van der Waals surface area contributed by atoms with Crippen LogP contribution in [0.3, 0.4) is 0 Å². The number of amides is 2. The highest BCUT2D eigenvalue weighted by atomic mass is 32.2. The summed E-state index contributed by atoms with van der Waals surface area (Å²) in [5.41, 5.74) is 0.652. The van der Waals surface area contributed by atoms with E-state index in [9.17, 15) is 18.0 Å². The number of hydrogen-bond acceptors (Lipinski definition) is 4. The lowest BCUT2D eigenvalue weighted by molar-refractivity contribution is 0.0826. The number of benzene rings is 2. The van der Waals surface area contributed by atoms with E-state index < -0.39 is 15.9 Å². The fraction of sp³-hybridized carbons (Fsp3) is 0.333. The van der Waals surface area contributed by atoms with E-state index in [0.717, 1.165) is 0 Å². The Hall–Kier alpha value is -2.67. The largest absolute Gasteiger partial charge is 0.345 e. The molecule has 0 aromatic heterocycles. The van der Waals surface area contributed by atoms with Gasteiger partial charge in [-0.25, -0.2) is 12.7 Å². The van der Waals surface area contributed by atoms with Gasteiger partial charge in [-0.05, 0) is 36.4 Å². The maximum Gasteiger partial charge on any atom is 0.267 e. The highest BCUT2D eigenvalue weighted by Crippen LogP contribution is 2.18. The van der Waals surface area contributed by atoms with E-state index in [0.29, 0.717) is 9.87 Å². The molecule has 2 aromatic rings. The van der Waals surface area contributed by atoms with Crippen molar-refractivity contribution in [2.75, 3.05) is 21.1 Å². The van der Waals surface area contributed by atoms with Crippen LogP contribution in [0, 0.1) is 0 Å². The van der Waals surface area contributed by atoms with E-state index in [1.807, 2.05) is 27.7 Å². The minimum Gasteiger partial charge on any atom is -0.345 e. The van der Waals surface area contributed by atoms with Crippen LogP contribution in [0.25, 0.3) is 0 Å². The smallest absolute Gasteiger partial charge is 0.267 e. The van der Waals surface area contributed by atoms with Crippen molar-refractivity contribution in [1.29, 1.82) is 0 Å². The lowest BCUT2D eigenvalue weighted by Crippen LogP contribution is -2.33. The van der Waals surface area contributed by atoms with Gasteiger partial charge in [0.25, 0.3) is 21.8 Å². The van der Waals surface area contributed by atoms with Crippen LogP contribution in [-0.2, 0) is 10.0 Å². The van der Waals surface area contributed by atoms with Gasteiger partial charge in [0.2, 0.25) is 0 Å². The van der Waals surface area contributed by atoms with Crippen LogP contribution >= 0.6 is 0 Å². The molecule has 0 saturated heterocycles. The first-order chi connectivity index (χ1) is 13.2. The molecule has 0 spiro atoms. The van der Waals surface area contributed by atoms with Gasteiger partial charge in [0.15, 0.2) is 0 Å². The molecule has 0 radical (unpaired) electrons. The van der Waals surface area contributed by atoms with Crippen molar-refractivity contribution in [1.82, 2.24) is 9.21 Å².